The van der Waals surface area contributed by atoms with Crippen LogP contribution in [-0.2, 0) is 13.1 Å². The fourth-order valence-electron chi connectivity index (χ4n) is 2.16. The molecular formula is C16H19ClN2. The SMILES string of the molecule is Cc1ccc(CN(C)c2cccc(Cl)c2CN)cc1. The minimum absolute atomic E-state index is 0.452. The monoisotopic (exact) mass is 274 g/mol. The lowest BCUT2D eigenvalue weighted by Crippen LogP contribution is -2.19. The standard InChI is InChI=1S/C16H19ClN2/c1-12-6-8-13(9-7-12)11-19(2)16-5-3-4-15(17)14(16)10-18/h3-9H,10-11,18H2,1-2H3. The lowest BCUT2D eigenvalue weighted by atomic mass is 10.1. The molecule has 0 amide bonds. The summed E-state index contributed by atoms with van der Waals surface area (Å²) in [5.74, 6) is 0. The molecule has 0 saturated heterocycles. The first-order valence-corrected chi connectivity index (χ1v) is 6.73. The summed E-state index contributed by atoms with van der Waals surface area (Å²) in [5.41, 5.74) is 10.4. The van der Waals surface area contributed by atoms with E-state index in [2.05, 4.69) is 49.2 Å². The van der Waals surface area contributed by atoms with Crippen molar-refractivity contribution in [3.63, 3.8) is 0 Å². The first kappa shape index (κ1) is 13.9. The summed E-state index contributed by atoms with van der Waals surface area (Å²) < 4.78 is 0. The lowest BCUT2D eigenvalue weighted by Gasteiger charge is -2.23. The van der Waals surface area contributed by atoms with Crippen molar-refractivity contribution in [2.75, 3.05) is 11.9 Å². The molecule has 0 radical (unpaired) electrons. The van der Waals surface area contributed by atoms with Crippen LogP contribution >= 0.6 is 11.6 Å². The molecule has 0 unspecified atom stereocenters. The van der Waals surface area contributed by atoms with E-state index in [9.17, 15) is 0 Å². The van der Waals surface area contributed by atoms with Crippen LogP contribution in [0.15, 0.2) is 42.5 Å². The highest BCUT2D eigenvalue weighted by molar-refractivity contribution is 6.31. The van der Waals surface area contributed by atoms with Crippen molar-refractivity contribution in [1.82, 2.24) is 0 Å². The van der Waals surface area contributed by atoms with Gasteiger partial charge < -0.3 is 10.6 Å². The van der Waals surface area contributed by atoms with Crippen molar-refractivity contribution in [3.8, 4) is 0 Å². The van der Waals surface area contributed by atoms with Crippen molar-refractivity contribution >= 4 is 17.3 Å². The van der Waals surface area contributed by atoms with E-state index in [0.29, 0.717) is 6.54 Å². The minimum Gasteiger partial charge on any atom is -0.370 e. The van der Waals surface area contributed by atoms with Gasteiger partial charge in [0, 0.05) is 36.4 Å². The molecule has 0 heterocycles. The van der Waals surface area contributed by atoms with Gasteiger partial charge >= 0.3 is 0 Å². The number of benzene rings is 2. The van der Waals surface area contributed by atoms with E-state index in [4.69, 9.17) is 17.3 Å². The normalized spacial score (nSPS) is 10.5. The molecular weight excluding hydrogens is 256 g/mol. The van der Waals surface area contributed by atoms with Gasteiger partial charge in [-0.15, -0.1) is 0 Å². The van der Waals surface area contributed by atoms with Crippen molar-refractivity contribution in [1.29, 1.82) is 0 Å². The summed E-state index contributed by atoms with van der Waals surface area (Å²) in [7, 11) is 2.06. The van der Waals surface area contributed by atoms with Crippen LogP contribution in [0.3, 0.4) is 0 Å². The van der Waals surface area contributed by atoms with Gasteiger partial charge in [0.15, 0.2) is 0 Å². The highest BCUT2D eigenvalue weighted by atomic mass is 35.5. The first-order chi connectivity index (χ1) is 9.11. The molecule has 100 valence electrons. The Bertz CT molecular complexity index is 549. The average molecular weight is 275 g/mol. The largest absolute Gasteiger partial charge is 0.370 e. The van der Waals surface area contributed by atoms with E-state index in [0.717, 1.165) is 22.8 Å². The Labute approximate surface area is 119 Å². The molecule has 0 atom stereocenters. The molecule has 2 N–H and O–H groups in total. The second-order valence-corrected chi connectivity index (χ2v) is 5.19. The average Bonchev–Trinajstić information content (AvgIpc) is 2.41. The molecule has 2 nitrogen and oxygen atoms in total. The molecule has 0 saturated carbocycles. The van der Waals surface area contributed by atoms with Crippen LogP contribution in [0, 0.1) is 6.92 Å². The second-order valence-electron chi connectivity index (χ2n) is 4.78. The van der Waals surface area contributed by atoms with Crippen LogP contribution in [0.2, 0.25) is 5.02 Å². The number of nitrogens with zero attached hydrogens (tertiary/aromatic N) is 1. The predicted octanol–water partition coefficient (Wildman–Crippen LogP) is 3.74. The van der Waals surface area contributed by atoms with E-state index in [1.165, 1.54) is 11.1 Å². The van der Waals surface area contributed by atoms with E-state index in [1.54, 1.807) is 0 Å². The van der Waals surface area contributed by atoms with E-state index < -0.39 is 0 Å². The fraction of sp³-hybridized carbons (Fsp3) is 0.250. The van der Waals surface area contributed by atoms with E-state index in [-0.39, 0.29) is 0 Å². The zero-order chi connectivity index (χ0) is 13.8. The Morgan fingerprint density at radius 3 is 2.42 bits per heavy atom. The van der Waals surface area contributed by atoms with Gasteiger partial charge in [-0.3, -0.25) is 0 Å². The Balaban J connectivity index is 2.22. The third kappa shape index (κ3) is 3.28. The molecule has 0 fully saturated rings. The lowest BCUT2D eigenvalue weighted by molar-refractivity contribution is 0.903. The minimum atomic E-state index is 0.452. The quantitative estimate of drug-likeness (QED) is 0.920. The third-order valence-electron chi connectivity index (χ3n) is 3.25. The third-order valence-corrected chi connectivity index (χ3v) is 3.60. The van der Waals surface area contributed by atoms with E-state index >= 15 is 0 Å². The van der Waals surface area contributed by atoms with Crippen LogP contribution < -0.4 is 10.6 Å². The van der Waals surface area contributed by atoms with Crippen LogP contribution in [0.1, 0.15) is 16.7 Å². The molecule has 0 bridgehead atoms. The highest BCUT2D eigenvalue weighted by Crippen LogP contribution is 2.27. The first-order valence-electron chi connectivity index (χ1n) is 6.36. The second kappa shape index (κ2) is 6.09. The molecule has 0 aliphatic rings. The van der Waals surface area contributed by atoms with Gasteiger partial charge in [0.1, 0.15) is 0 Å². The maximum absolute atomic E-state index is 6.19. The predicted molar refractivity (Wildman–Crippen MR) is 82.6 cm³/mol. The van der Waals surface area contributed by atoms with Gasteiger partial charge in [-0.25, -0.2) is 0 Å². The maximum atomic E-state index is 6.19. The zero-order valence-electron chi connectivity index (χ0n) is 11.4. The van der Waals surface area contributed by atoms with Gasteiger partial charge in [0.2, 0.25) is 0 Å². The van der Waals surface area contributed by atoms with Crippen LogP contribution in [0.25, 0.3) is 0 Å². The van der Waals surface area contributed by atoms with Crippen molar-refractivity contribution in [2.24, 2.45) is 5.73 Å². The number of rotatable bonds is 4. The smallest absolute Gasteiger partial charge is 0.0471 e. The highest BCUT2D eigenvalue weighted by Gasteiger charge is 2.09. The molecule has 2 rings (SSSR count). The molecule has 2 aromatic carbocycles. The topological polar surface area (TPSA) is 29.3 Å². The molecule has 0 aromatic heterocycles. The Kier molecular flexibility index (Phi) is 4.46. The number of hydrogen-bond acceptors (Lipinski definition) is 2. The number of anilines is 1. The Morgan fingerprint density at radius 1 is 1.11 bits per heavy atom. The van der Waals surface area contributed by atoms with Gasteiger partial charge in [-0.2, -0.15) is 0 Å². The van der Waals surface area contributed by atoms with Gasteiger partial charge in [0.25, 0.3) is 0 Å². The fourth-order valence-corrected chi connectivity index (χ4v) is 2.41. The summed E-state index contributed by atoms with van der Waals surface area (Å²) in [5, 5.41) is 0.732. The summed E-state index contributed by atoms with van der Waals surface area (Å²) in [4.78, 5) is 2.18. The molecule has 0 aliphatic heterocycles. The van der Waals surface area contributed by atoms with Gasteiger partial charge in [-0.05, 0) is 24.6 Å². The number of hydrogen-bond donors (Lipinski definition) is 1. The number of halogens is 1. The molecule has 0 aliphatic carbocycles. The number of nitrogens with two attached hydrogens (primary N) is 1. The summed E-state index contributed by atoms with van der Waals surface area (Å²) in [6, 6.07) is 14.5. The molecule has 19 heavy (non-hydrogen) atoms. The molecule has 3 heteroatoms. The Hall–Kier alpha value is -1.51. The zero-order valence-corrected chi connectivity index (χ0v) is 12.1. The maximum Gasteiger partial charge on any atom is 0.0471 e. The summed E-state index contributed by atoms with van der Waals surface area (Å²) >= 11 is 6.19. The van der Waals surface area contributed by atoms with Crippen molar-refractivity contribution < 1.29 is 0 Å². The van der Waals surface area contributed by atoms with Crippen molar-refractivity contribution in [2.45, 2.75) is 20.0 Å². The summed E-state index contributed by atoms with van der Waals surface area (Å²) in [6.45, 7) is 3.39. The van der Waals surface area contributed by atoms with E-state index in [1.807, 2.05) is 12.1 Å². The number of aryl methyl sites for hydroxylation is 1. The van der Waals surface area contributed by atoms with Crippen LogP contribution in [0.5, 0.6) is 0 Å². The van der Waals surface area contributed by atoms with Crippen LogP contribution in [-0.4, -0.2) is 7.05 Å². The van der Waals surface area contributed by atoms with Gasteiger partial charge in [-0.1, -0.05) is 47.5 Å². The van der Waals surface area contributed by atoms with Crippen LogP contribution in [0.4, 0.5) is 5.69 Å². The Morgan fingerprint density at radius 2 is 1.79 bits per heavy atom. The molecule has 2 aromatic rings. The van der Waals surface area contributed by atoms with Crippen molar-refractivity contribution in [3.05, 3.63) is 64.2 Å². The van der Waals surface area contributed by atoms with Gasteiger partial charge in [0.05, 0.1) is 0 Å². The molecule has 0 spiro atoms. The summed E-state index contributed by atoms with van der Waals surface area (Å²) in [6.07, 6.45) is 0.